The van der Waals surface area contributed by atoms with Crippen LogP contribution in [0.4, 0.5) is 17.1 Å². The molecule has 3 aromatic rings. The summed E-state index contributed by atoms with van der Waals surface area (Å²) in [5, 5.41) is 3.02. The van der Waals surface area contributed by atoms with Gasteiger partial charge in [0, 0.05) is 10.7 Å². The van der Waals surface area contributed by atoms with Crippen molar-refractivity contribution in [2.75, 3.05) is 27.1 Å². The van der Waals surface area contributed by atoms with Crippen molar-refractivity contribution in [3.8, 4) is 0 Å². The first-order valence-corrected chi connectivity index (χ1v) is 13.8. The molecule has 8 nitrogen and oxygen atoms in total. The molecule has 0 aromatic heterocycles. The third-order valence-corrected chi connectivity index (χ3v) is 7.65. The minimum absolute atomic E-state index is 0.0180. The van der Waals surface area contributed by atoms with Crippen LogP contribution in [0, 0.1) is 13.8 Å². The molecule has 0 atom stereocenters. The number of hydrogen-bond acceptors (Lipinski definition) is 5. The van der Waals surface area contributed by atoms with Crippen molar-refractivity contribution < 1.29 is 21.6 Å². The van der Waals surface area contributed by atoms with E-state index < -0.39 is 32.5 Å². The van der Waals surface area contributed by atoms with Crippen LogP contribution in [0.15, 0.2) is 71.6 Å². The lowest BCUT2D eigenvalue weighted by Gasteiger charge is -2.22. The molecule has 3 rings (SSSR count). The molecule has 0 aliphatic carbocycles. The van der Waals surface area contributed by atoms with Crippen molar-refractivity contribution in [2.24, 2.45) is 0 Å². The number of aryl methyl sites for hydroxylation is 2. The first-order valence-electron chi connectivity index (χ1n) is 10.1. The second kappa shape index (κ2) is 10.0. The summed E-state index contributed by atoms with van der Waals surface area (Å²) in [7, 11) is -7.57. The molecule has 2 N–H and O–H groups in total. The Morgan fingerprint density at radius 1 is 0.912 bits per heavy atom. The van der Waals surface area contributed by atoms with Gasteiger partial charge in [-0.25, -0.2) is 16.8 Å². The van der Waals surface area contributed by atoms with Crippen molar-refractivity contribution in [1.82, 2.24) is 0 Å². The van der Waals surface area contributed by atoms with Gasteiger partial charge < -0.3 is 5.32 Å². The summed E-state index contributed by atoms with van der Waals surface area (Å²) < 4.78 is 53.3. The first-order chi connectivity index (χ1) is 15.8. The van der Waals surface area contributed by atoms with Crippen LogP contribution in [0.5, 0.6) is 0 Å². The molecular formula is C23H24ClN3O5S2. The lowest BCUT2D eigenvalue weighted by atomic mass is 10.1. The van der Waals surface area contributed by atoms with Crippen molar-refractivity contribution in [3.05, 3.63) is 82.9 Å². The Labute approximate surface area is 204 Å². The molecule has 0 saturated carbocycles. The van der Waals surface area contributed by atoms with E-state index in [1.807, 2.05) is 26.0 Å². The average Bonchev–Trinajstić information content (AvgIpc) is 2.74. The molecule has 11 heteroatoms. The van der Waals surface area contributed by atoms with Crippen LogP contribution >= 0.6 is 11.6 Å². The van der Waals surface area contributed by atoms with Gasteiger partial charge in [0.15, 0.2) is 0 Å². The van der Waals surface area contributed by atoms with Gasteiger partial charge in [0.25, 0.3) is 10.0 Å². The van der Waals surface area contributed by atoms with E-state index in [1.54, 1.807) is 6.07 Å². The second-order valence-corrected chi connectivity index (χ2v) is 11.8. The van der Waals surface area contributed by atoms with Gasteiger partial charge in [0.2, 0.25) is 15.9 Å². The lowest BCUT2D eigenvalue weighted by Crippen LogP contribution is -2.37. The van der Waals surface area contributed by atoms with Gasteiger partial charge in [-0.15, -0.1) is 0 Å². The van der Waals surface area contributed by atoms with Gasteiger partial charge in [-0.2, -0.15) is 0 Å². The van der Waals surface area contributed by atoms with E-state index in [9.17, 15) is 21.6 Å². The van der Waals surface area contributed by atoms with E-state index in [0.717, 1.165) is 21.7 Å². The maximum atomic E-state index is 12.7. The minimum atomic E-state index is -3.83. The smallest absolute Gasteiger partial charge is 0.261 e. The van der Waals surface area contributed by atoms with Crippen LogP contribution in [0.3, 0.4) is 0 Å². The minimum Gasteiger partial charge on any atom is -0.325 e. The van der Waals surface area contributed by atoms with Crippen LogP contribution in [0.1, 0.15) is 11.1 Å². The summed E-state index contributed by atoms with van der Waals surface area (Å²) in [6, 6.07) is 17.0. The lowest BCUT2D eigenvalue weighted by molar-refractivity contribution is -0.114. The molecule has 3 aromatic carbocycles. The highest BCUT2D eigenvalue weighted by Crippen LogP contribution is 2.23. The topological polar surface area (TPSA) is 113 Å². The molecule has 0 aliphatic heterocycles. The number of rotatable bonds is 8. The molecule has 34 heavy (non-hydrogen) atoms. The summed E-state index contributed by atoms with van der Waals surface area (Å²) >= 11 is 5.85. The van der Waals surface area contributed by atoms with Crippen molar-refractivity contribution in [1.29, 1.82) is 0 Å². The Morgan fingerprint density at radius 2 is 1.53 bits per heavy atom. The van der Waals surface area contributed by atoms with E-state index in [2.05, 4.69) is 10.0 Å². The average molecular weight is 522 g/mol. The normalized spacial score (nSPS) is 11.6. The molecule has 0 heterocycles. The van der Waals surface area contributed by atoms with Crippen molar-refractivity contribution in [2.45, 2.75) is 18.7 Å². The predicted octanol–water partition coefficient (Wildman–Crippen LogP) is 4.16. The molecule has 0 unspecified atom stereocenters. The number of hydrogen-bond donors (Lipinski definition) is 2. The Hall–Kier alpha value is -3.08. The fraction of sp³-hybridized carbons (Fsp3) is 0.174. The van der Waals surface area contributed by atoms with Crippen LogP contribution in [-0.4, -0.2) is 35.5 Å². The molecular weight excluding hydrogens is 498 g/mol. The fourth-order valence-electron chi connectivity index (χ4n) is 3.19. The number of amides is 1. The summed E-state index contributed by atoms with van der Waals surface area (Å²) in [4.78, 5) is 12.5. The number of halogens is 1. The number of carbonyl (C=O) groups is 1. The molecule has 0 radical (unpaired) electrons. The summed E-state index contributed by atoms with van der Waals surface area (Å²) in [5.74, 6) is -0.593. The zero-order chi connectivity index (χ0) is 25.1. The van der Waals surface area contributed by atoms with E-state index in [-0.39, 0.29) is 4.90 Å². The highest BCUT2D eigenvalue weighted by Gasteiger charge is 2.21. The van der Waals surface area contributed by atoms with Gasteiger partial charge in [0.05, 0.1) is 22.5 Å². The molecule has 0 bridgehead atoms. The highest BCUT2D eigenvalue weighted by molar-refractivity contribution is 7.92. The second-order valence-electron chi connectivity index (χ2n) is 7.74. The van der Waals surface area contributed by atoms with E-state index >= 15 is 0 Å². The van der Waals surface area contributed by atoms with E-state index in [0.29, 0.717) is 22.1 Å². The summed E-state index contributed by atoms with van der Waals surface area (Å²) in [6.07, 6.45) is 0.997. The molecule has 0 saturated heterocycles. The molecule has 0 aliphatic rings. The largest absolute Gasteiger partial charge is 0.325 e. The van der Waals surface area contributed by atoms with Crippen LogP contribution < -0.4 is 14.3 Å². The summed E-state index contributed by atoms with van der Waals surface area (Å²) in [6.45, 7) is 3.27. The van der Waals surface area contributed by atoms with Gasteiger partial charge in [-0.05, 0) is 74.0 Å². The first kappa shape index (κ1) is 25.5. The zero-order valence-electron chi connectivity index (χ0n) is 18.7. The molecule has 0 spiro atoms. The third kappa shape index (κ3) is 6.49. The third-order valence-electron chi connectivity index (χ3n) is 4.88. The maximum absolute atomic E-state index is 12.7. The number of carbonyl (C=O) groups excluding carboxylic acids is 1. The standard InChI is InChI=1S/C23H24ClN3O5S2/c1-16-4-13-22(17(2)14-16)26-34(31,32)21-11-7-19(8-12-21)25-23(28)15-27(33(3,29)30)20-9-5-18(24)6-10-20/h4-14,26H,15H2,1-3H3,(H,25,28). The van der Waals surface area contributed by atoms with Crippen LogP contribution in [0.25, 0.3) is 0 Å². The Bertz CT molecular complexity index is 1410. The number of nitrogens with one attached hydrogen (secondary N) is 2. The molecule has 180 valence electrons. The number of nitrogens with zero attached hydrogens (tertiary/aromatic N) is 1. The monoisotopic (exact) mass is 521 g/mol. The molecule has 1 amide bonds. The number of anilines is 3. The fourth-order valence-corrected chi connectivity index (χ4v) is 5.30. The predicted molar refractivity (Wildman–Crippen MR) is 135 cm³/mol. The summed E-state index contributed by atoms with van der Waals surface area (Å²) in [5.41, 5.74) is 2.90. The Balaban J connectivity index is 1.71. The number of benzene rings is 3. The van der Waals surface area contributed by atoms with E-state index in [1.165, 1.54) is 48.5 Å². The Morgan fingerprint density at radius 3 is 2.09 bits per heavy atom. The number of sulfonamides is 2. The van der Waals surface area contributed by atoms with Gasteiger partial charge in [-0.3, -0.25) is 13.8 Å². The quantitative estimate of drug-likeness (QED) is 0.462. The van der Waals surface area contributed by atoms with E-state index in [4.69, 9.17) is 11.6 Å². The van der Waals surface area contributed by atoms with Gasteiger partial charge in [-0.1, -0.05) is 29.3 Å². The van der Waals surface area contributed by atoms with Crippen LogP contribution in [-0.2, 0) is 24.8 Å². The SMILES string of the molecule is Cc1ccc(NS(=O)(=O)c2ccc(NC(=O)CN(c3ccc(Cl)cc3)S(C)(=O)=O)cc2)c(C)c1. The Kier molecular flexibility index (Phi) is 7.54. The van der Waals surface area contributed by atoms with Gasteiger partial charge >= 0.3 is 0 Å². The zero-order valence-corrected chi connectivity index (χ0v) is 21.1. The van der Waals surface area contributed by atoms with Crippen LogP contribution in [0.2, 0.25) is 5.02 Å². The van der Waals surface area contributed by atoms with Crippen molar-refractivity contribution >= 4 is 54.6 Å². The highest BCUT2D eigenvalue weighted by atomic mass is 35.5. The molecule has 0 fully saturated rings. The van der Waals surface area contributed by atoms with Gasteiger partial charge in [0.1, 0.15) is 6.54 Å². The maximum Gasteiger partial charge on any atom is 0.261 e. The van der Waals surface area contributed by atoms with Crippen molar-refractivity contribution in [3.63, 3.8) is 0 Å².